The first kappa shape index (κ1) is 18.0. The molecule has 0 radical (unpaired) electrons. The molecule has 130 valence electrons. The van der Waals surface area contributed by atoms with Crippen LogP contribution >= 0.6 is 0 Å². The predicted octanol–water partition coefficient (Wildman–Crippen LogP) is 2.59. The molecule has 0 aromatic heterocycles. The molecule has 1 aromatic rings. The lowest BCUT2D eigenvalue weighted by Crippen LogP contribution is -2.46. The first-order valence-electron chi connectivity index (χ1n) is 8.49. The summed E-state index contributed by atoms with van der Waals surface area (Å²) in [7, 11) is 0. The van der Waals surface area contributed by atoms with Crippen LogP contribution in [0.15, 0.2) is 24.3 Å². The van der Waals surface area contributed by atoms with Crippen LogP contribution in [-0.4, -0.2) is 63.2 Å². The fraction of sp³-hybridized carbons (Fsp3) is 0.667. The first-order chi connectivity index (χ1) is 11.2. The number of morpholine rings is 1. The van der Waals surface area contributed by atoms with Gasteiger partial charge in [0.15, 0.2) is 11.5 Å². The Kier molecular flexibility index (Phi) is 7.65. The van der Waals surface area contributed by atoms with Crippen LogP contribution in [-0.2, 0) is 9.47 Å². The van der Waals surface area contributed by atoms with Gasteiger partial charge in [0.2, 0.25) is 0 Å². The molecular formula is C18H29NO4. The molecular weight excluding hydrogens is 294 g/mol. The minimum absolute atomic E-state index is 0.303. The third kappa shape index (κ3) is 6.37. The van der Waals surface area contributed by atoms with Crippen LogP contribution in [0.3, 0.4) is 0 Å². The van der Waals surface area contributed by atoms with E-state index in [4.69, 9.17) is 18.9 Å². The molecule has 5 nitrogen and oxygen atoms in total. The largest absolute Gasteiger partial charge is 0.490 e. The van der Waals surface area contributed by atoms with Crippen LogP contribution in [0.5, 0.6) is 11.5 Å². The van der Waals surface area contributed by atoms with Crippen molar-refractivity contribution in [3.8, 4) is 11.5 Å². The van der Waals surface area contributed by atoms with Gasteiger partial charge in [0, 0.05) is 19.6 Å². The lowest BCUT2D eigenvalue weighted by molar-refractivity contribution is -0.0734. The highest BCUT2D eigenvalue weighted by Gasteiger charge is 2.21. The summed E-state index contributed by atoms with van der Waals surface area (Å²) in [5, 5.41) is 0. The molecule has 0 aliphatic carbocycles. The molecule has 0 bridgehead atoms. The molecule has 23 heavy (non-hydrogen) atoms. The predicted molar refractivity (Wildman–Crippen MR) is 90.4 cm³/mol. The SMILES string of the molecule is CCOc1ccccc1OCCOCCN1C[C@@H](C)O[C@H](C)C1. The Morgan fingerprint density at radius 1 is 1.00 bits per heavy atom. The van der Waals surface area contributed by atoms with E-state index in [9.17, 15) is 0 Å². The number of rotatable bonds is 9. The summed E-state index contributed by atoms with van der Waals surface area (Å²) in [4.78, 5) is 2.39. The molecule has 0 unspecified atom stereocenters. The molecule has 0 N–H and O–H groups in total. The second-order valence-corrected chi connectivity index (χ2v) is 5.86. The van der Waals surface area contributed by atoms with Crippen molar-refractivity contribution in [1.29, 1.82) is 0 Å². The fourth-order valence-electron chi connectivity index (χ4n) is 2.82. The van der Waals surface area contributed by atoms with E-state index in [2.05, 4.69) is 18.7 Å². The van der Waals surface area contributed by atoms with E-state index in [1.165, 1.54) is 0 Å². The van der Waals surface area contributed by atoms with Gasteiger partial charge in [-0.1, -0.05) is 12.1 Å². The summed E-state index contributed by atoms with van der Waals surface area (Å²) in [5.41, 5.74) is 0. The molecule has 1 saturated heterocycles. The van der Waals surface area contributed by atoms with E-state index in [-0.39, 0.29) is 0 Å². The number of ether oxygens (including phenoxy) is 4. The lowest BCUT2D eigenvalue weighted by atomic mass is 10.2. The zero-order valence-electron chi connectivity index (χ0n) is 14.5. The van der Waals surface area contributed by atoms with Crippen LogP contribution in [0, 0.1) is 0 Å². The second kappa shape index (κ2) is 9.75. The third-order valence-electron chi connectivity index (χ3n) is 3.68. The maximum Gasteiger partial charge on any atom is 0.161 e. The van der Waals surface area contributed by atoms with Crippen LogP contribution in [0.4, 0.5) is 0 Å². The van der Waals surface area contributed by atoms with Gasteiger partial charge in [-0.15, -0.1) is 0 Å². The molecule has 1 fully saturated rings. The van der Waals surface area contributed by atoms with Crippen LogP contribution in [0.1, 0.15) is 20.8 Å². The average molecular weight is 323 g/mol. The first-order valence-corrected chi connectivity index (χ1v) is 8.49. The van der Waals surface area contributed by atoms with Crippen molar-refractivity contribution < 1.29 is 18.9 Å². The van der Waals surface area contributed by atoms with Crippen molar-refractivity contribution in [1.82, 2.24) is 4.90 Å². The maximum absolute atomic E-state index is 5.73. The minimum atomic E-state index is 0.303. The summed E-state index contributed by atoms with van der Waals surface area (Å²) < 4.78 is 22.7. The molecule has 1 aromatic carbocycles. The zero-order chi connectivity index (χ0) is 16.5. The Labute approximate surface area is 139 Å². The van der Waals surface area contributed by atoms with Gasteiger partial charge in [-0.3, -0.25) is 4.90 Å². The molecule has 0 amide bonds. The molecule has 1 aliphatic heterocycles. The van der Waals surface area contributed by atoms with Crippen LogP contribution in [0.25, 0.3) is 0 Å². The standard InChI is InChI=1S/C18H29NO4/c1-4-21-17-7-5-6-8-18(17)22-12-11-20-10-9-19-13-15(2)23-16(3)14-19/h5-8,15-16H,4,9-14H2,1-3H3/t15-,16-/m1/s1. The van der Waals surface area contributed by atoms with Crippen molar-refractivity contribution in [3.05, 3.63) is 24.3 Å². The summed E-state index contributed by atoms with van der Waals surface area (Å²) in [6.45, 7) is 11.6. The van der Waals surface area contributed by atoms with Gasteiger partial charge >= 0.3 is 0 Å². The van der Waals surface area contributed by atoms with Gasteiger partial charge < -0.3 is 18.9 Å². The zero-order valence-corrected chi connectivity index (χ0v) is 14.5. The molecule has 0 saturated carbocycles. The Hall–Kier alpha value is -1.30. The highest BCUT2D eigenvalue weighted by atomic mass is 16.5. The Morgan fingerprint density at radius 2 is 1.65 bits per heavy atom. The number of benzene rings is 1. The van der Waals surface area contributed by atoms with E-state index in [1.807, 2.05) is 31.2 Å². The van der Waals surface area contributed by atoms with Crippen LogP contribution in [0.2, 0.25) is 0 Å². The van der Waals surface area contributed by atoms with E-state index >= 15 is 0 Å². The van der Waals surface area contributed by atoms with Gasteiger partial charge in [0.25, 0.3) is 0 Å². The molecule has 1 heterocycles. The number of nitrogens with zero attached hydrogens (tertiary/aromatic N) is 1. The van der Waals surface area contributed by atoms with Crippen molar-refractivity contribution in [2.45, 2.75) is 33.0 Å². The Morgan fingerprint density at radius 3 is 2.30 bits per heavy atom. The Bertz CT molecular complexity index is 444. The smallest absolute Gasteiger partial charge is 0.161 e. The van der Waals surface area contributed by atoms with Gasteiger partial charge in [0.05, 0.1) is 32.0 Å². The van der Waals surface area contributed by atoms with Crippen molar-refractivity contribution in [2.24, 2.45) is 0 Å². The highest BCUT2D eigenvalue weighted by Crippen LogP contribution is 2.26. The number of para-hydroxylation sites is 2. The van der Waals surface area contributed by atoms with E-state index in [0.717, 1.165) is 37.7 Å². The quantitative estimate of drug-likeness (QED) is 0.653. The molecule has 0 spiro atoms. The van der Waals surface area contributed by atoms with Crippen LogP contribution < -0.4 is 9.47 Å². The maximum atomic E-state index is 5.73. The number of hydrogen-bond acceptors (Lipinski definition) is 5. The van der Waals surface area contributed by atoms with Crippen molar-refractivity contribution >= 4 is 0 Å². The monoisotopic (exact) mass is 323 g/mol. The van der Waals surface area contributed by atoms with E-state index < -0.39 is 0 Å². The topological polar surface area (TPSA) is 40.2 Å². The fourth-order valence-corrected chi connectivity index (χ4v) is 2.82. The van der Waals surface area contributed by atoms with Crippen molar-refractivity contribution in [2.75, 3.05) is 46.1 Å². The summed E-state index contributed by atoms with van der Waals surface area (Å²) in [6.07, 6.45) is 0.606. The molecule has 1 aliphatic rings. The highest BCUT2D eigenvalue weighted by molar-refractivity contribution is 5.39. The Balaban J connectivity index is 1.59. The molecule has 2 rings (SSSR count). The lowest BCUT2D eigenvalue weighted by Gasteiger charge is -2.35. The van der Waals surface area contributed by atoms with E-state index in [0.29, 0.717) is 32.0 Å². The second-order valence-electron chi connectivity index (χ2n) is 5.86. The van der Waals surface area contributed by atoms with Gasteiger partial charge in [-0.05, 0) is 32.9 Å². The summed E-state index contributed by atoms with van der Waals surface area (Å²) in [5.74, 6) is 1.56. The van der Waals surface area contributed by atoms with Crippen molar-refractivity contribution in [3.63, 3.8) is 0 Å². The minimum Gasteiger partial charge on any atom is -0.490 e. The number of hydrogen-bond donors (Lipinski definition) is 0. The van der Waals surface area contributed by atoms with E-state index in [1.54, 1.807) is 0 Å². The molecule has 5 heteroatoms. The average Bonchev–Trinajstić information content (AvgIpc) is 2.51. The summed E-state index contributed by atoms with van der Waals surface area (Å²) >= 11 is 0. The third-order valence-corrected chi connectivity index (χ3v) is 3.68. The van der Waals surface area contributed by atoms with Gasteiger partial charge in [-0.25, -0.2) is 0 Å². The summed E-state index contributed by atoms with van der Waals surface area (Å²) in [6, 6.07) is 7.72. The van der Waals surface area contributed by atoms with Gasteiger partial charge in [0.1, 0.15) is 6.61 Å². The van der Waals surface area contributed by atoms with Gasteiger partial charge in [-0.2, -0.15) is 0 Å². The molecule has 2 atom stereocenters. The normalized spacial score (nSPS) is 22.0.